The van der Waals surface area contributed by atoms with Crippen LogP contribution < -0.4 is 0 Å². The average molecular weight is 292 g/mol. The van der Waals surface area contributed by atoms with Gasteiger partial charge < -0.3 is 9.80 Å². The number of ketones is 1. The van der Waals surface area contributed by atoms with E-state index >= 15 is 0 Å². The Bertz CT molecular complexity index is 450. The summed E-state index contributed by atoms with van der Waals surface area (Å²) < 4.78 is 12.8. The molecule has 0 atom stereocenters. The molecule has 0 N–H and O–H groups in total. The zero-order valence-electron chi connectivity index (χ0n) is 13.0. The molecule has 1 aliphatic heterocycles. The normalized spacial score (nSPS) is 17.3. The van der Waals surface area contributed by atoms with Crippen molar-refractivity contribution in [3.63, 3.8) is 0 Å². The standard InChI is InChI=1S/C17H25FN2O/c1-14(2)13-20-11-9-19(10-12-20)8-7-17(21)15-3-5-16(18)6-4-15/h3-6,14H,7-13H2,1-2H3. The topological polar surface area (TPSA) is 23.6 Å². The highest BCUT2D eigenvalue weighted by Gasteiger charge is 2.18. The van der Waals surface area contributed by atoms with Crippen LogP contribution in [0.3, 0.4) is 0 Å². The van der Waals surface area contributed by atoms with E-state index in [-0.39, 0.29) is 11.6 Å². The number of piperazine rings is 1. The number of halogens is 1. The molecule has 0 amide bonds. The van der Waals surface area contributed by atoms with Gasteiger partial charge in [-0.3, -0.25) is 4.79 Å². The van der Waals surface area contributed by atoms with Crippen molar-refractivity contribution in [1.29, 1.82) is 0 Å². The van der Waals surface area contributed by atoms with Crippen molar-refractivity contribution >= 4 is 5.78 Å². The predicted octanol–water partition coefficient (Wildman–Crippen LogP) is 2.67. The van der Waals surface area contributed by atoms with Gasteiger partial charge in [0.2, 0.25) is 0 Å². The van der Waals surface area contributed by atoms with Gasteiger partial charge in [0.05, 0.1) is 0 Å². The lowest BCUT2D eigenvalue weighted by Gasteiger charge is -2.35. The number of hydrogen-bond donors (Lipinski definition) is 0. The van der Waals surface area contributed by atoms with E-state index in [1.165, 1.54) is 12.1 Å². The quantitative estimate of drug-likeness (QED) is 0.753. The number of carbonyl (C=O) groups excluding carboxylic acids is 1. The lowest BCUT2D eigenvalue weighted by atomic mass is 10.1. The second-order valence-corrected chi connectivity index (χ2v) is 6.22. The van der Waals surface area contributed by atoms with E-state index in [2.05, 4.69) is 23.6 Å². The molecule has 0 unspecified atom stereocenters. The van der Waals surface area contributed by atoms with E-state index < -0.39 is 0 Å². The SMILES string of the molecule is CC(C)CN1CCN(CCC(=O)c2ccc(F)cc2)CC1. The smallest absolute Gasteiger partial charge is 0.164 e. The summed E-state index contributed by atoms with van der Waals surface area (Å²) in [6.07, 6.45) is 0.510. The number of carbonyl (C=O) groups is 1. The molecule has 0 aliphatic carbocycles. The number of Topliss-reactive ketones (excluding diaryl/α,β-unsaturated/α-hetero) is 1. The van der Waals surface area contributed by atoms with Gasteiger partial charge in [0.15, 0.2) is 5.78 Å². The van der Waals surface area contributed by atoms with Gasteiger partial charge in [-0.2, -0.15) is 0 Å². The number of rotatable bonds is 6. The van der Waals surface area contributed by atoms with Crippen molar-refractivity contribution in [1.82, 2.24) is 9.80 Å². The fraction of sp³-hybridized carbons (Fsp3) is 0.588. The first-order valence-electron chi connectivity index (χ1n) is 7.78. The van der Waals surface area contributed by atoms with Crippen LogP contribution >= 0.6 is 0 Å². The fourth-order valence-electron chi connectivity index (χ4n) is 2.75. The first-order valence-corrected chi connectivity index (χ1v) is 7.78. The van der Waals surface area contributed by atoms with Crippen LogP contribution in [0.5, 0.6) is 0 Å². The van der Waals surface area contributed by atoms with Crippen molar-refractivity contribution < 1.29 is 9.18 Å². The van der Waals surface area contributed by atoms with Crippen LogP contribution in [-0.2, 0) is 0 Å². The average Bonchev–Trinajstić information content (AvgIpc) is 2.46. The van der Waals surface area contributed by atoms with Gasteiger partial charge in [0.1, 0.15) is 5.82 Å². The van der Waals surface area contributed by atoms with Gasteiger partial charge in [-0.05, 0) is 30.2 Å². The lowest BCUT2D eigenvalue weighted by Crippen LogP contribution is -2.47. The number of hydrogen-bond acceptors (Lipinski definition) is 3. The molecule has 1 aliphatic rings. The fourth-order valence-corrected chi connectivity index (χ4v) is 2.75. The van der Waals surface area contributed by atoms with E-state index in [1.54, 1.807) is 12.1 Å². The van der Waals surface area contributed by atoms with Crippen LogP contribution in [-0.4, -0.2) is 54.9 Å². The highest BCUT2D eigenvalue weighted by atomic mass is 19.1. The molecule has 0 saturated carbocycles. The summed E-state index contributed by atoms with van der Waals surface area (Å²) in [5.41, 5.74) is 0.606. The maximum absolute atomic E-state index is 12.8. The largest absolute Gasteiger partial charge is 0.301 e. The third-order valence-corrected chi connectivity index (χ3v) is 3.91. The van der Waals surface area contributed by atoms with Gasteiger partial charge in [-0.15, -0.1) is 0 Å². The molecule has 1 fully saturated rings. The number of nitrogens with zero attached hydrogens (tertiary/aromatic N) is 2. The summed E-state index contributed by atoms with van der Waals surface area (Å²) in [5, 5.41) is 0. The van der Waals surface area contributed by atoms with E-state index in [4.69, 9.17) is 0 Å². The number of benzene rings is 1. The molecule has 1 aromatic carbocycles. The van der Waals surface area contributed by atoms with E-state index in [0.29, 0.717) is 17.9 Å². The van der Waals surface area contributed by atoms with Crippen molar-refractivity contribution in [3.05, 3.63) is 35.6 Å². The van der Waals surface area contributed by atoms with Crippen LogP contribution in [0.15, 0.2) is 24.3 Å². The Hall–Kier alpha value is -1.26. The summed E-state index contributed by atoms with van der Waals surface area (Å²) in [4.78, 5) is 16.9. The molecule has 0 aromatic heterocycles. The Kier molecular flexibility index (Phi) is 5.88. The third kappa shape index (κ3) is 5.21. The second-order valence-electron chi connectivity index (χ2n) is 6.22. The second kappa shape index (κ2) is 7.66. The lowest BCUT2D eigenvalue weighted by molar-refractivity contribution is 0.0918. The van der Waals surface area contributed by atoms with Crippen LogP contribution in [0, 0.1) is 11.7 Å². The third-order valence-electron chi connectivity index (χ3n) is 3.91. The Labute approximate surface area is 126 Å². The van der Waals surface area contributed by atoms with Gasteiger partial charge in [-0.1, -0.05) is 13.8 Å². The molecule has 4 heteroatoms. The molecular formula is C17H25FN2O. The molecule has 0 radical (unpaired) electrons. The monoisotopic (exact) mass is 292 g/mol. The zero-order valence-corrected chi connectivity index (χ0v) is 13.0. The minimum absolute atomic E-state index is 0.0969. The van der Waals surface area contributed by atoms with E-state index in [9.17, 15) is 9.18 Å². The Morgan fingerprint density at radius 1 is 1.10 bits per heavy atom. The van der Waals surface area contributed by atoms with Crippen molar-refractivity contribution in [2.45, 2.75) is 20.3 Å². The van der Waals surface area contributed by atoms with Crippen LogP contribution in [0.25, 0.3) is 0 Å². The van der Waals surface area contributed by atoms with Gasteiger partial charge in [0.25, 0.3) is 0 Å². The van der Waals surface area contributed by atoms with E-state index in [0.717, 1.165) is 39.3 Å². The van der Waals surface area contributed by atoms with Crippen LogP contribution in [0.1, 0.15) is 30.6 Å². The zero-order chi connectivity index (χ0) is 15.2. The Balaban J connectivity index is 1.72. The first kappa shape index (κ1) is 16.1. The summed E-state index contributed by atoms with van der Waals surface area (Å²) in [7, 11) is 0. The van der Waals surface area contributed by atoms with Crippen LogP contribution in [0.4, 0.5) is 4.39 Å². The molecule has 21 heavy (non-hydrogen) atoms. The molecule has 1 heterocycles. The Morgan fingerprint density at radius 3 is 2.24 bits per heavy atom. The minimum Gasteiger partial charge on any atom is -0.301 e. The van der Waals surface area contributed by atoms with Gasteiger partial charge in [-0.25, -0.2) is 4.39 Å². The molecule has 0 spiro atoms. The maximum atomic E-state index is 12.8. The summed E-state index contributed by atoms with van der Waals surface area (Å²) in [6.45, 7) is 10.7. The molecule has 116 valence electrons. The van der Waals surface area contributed by atoms with Crippen molar-refractivity contribution in [2.24, 2.45) is 5.92 Å². The van der Waals surface area contributed by atoms with Crippen LogP contribution in [0.2, 0.25) is 0 Å². The van der Waals surface area contributed by atoms with Crippen molar-refractivity contribution in [3.8, 4) is 0 Å². The Morgan fingerprint density at radius 2 is 1.67 bits per heavy atom. The summed E-state index contributed by atoms with van der Waals surface area (Å²) in [6, 6.07) is 5.83. The molecule has 1 aromatic rings. The summed E-state index contributed by atoms with van der Waals surface area (Å²) in [5.74, 6) is 0.504. The minimum atomic E-state index is -0.298. The molecular weight excluding hydrogens is 267 g/mol. The maximum Gasteiger partial charge on any atom is 0.164 e. The predicted molar refractivity (Wildman–Crippen MR) is 83.1 cm³/mol. The van der Waals surface area contributed by atoms with E-state index in [1.807, 2.05) is 0 Å². The molecule has 2 rings (SSSR count). The highest BCUT2D eigenvalue weighted by molar-refractivity contribution is 5.96. The first-order chi connectivity index (χ1) is 10.0. The van der Waals surface area contributed by atoms with Gasteiger partial charge in [0, 0.05) is 51.3 Å². The van der Waals surface area contributed by atoms with Gasteiger partial charge >= 0.3 is 0 Å². The highest BCUT2D eigenvalue weighted by Crippen LogP contribution is 2.09. The molecule has 3 nitrogen and oxygen atoms in total. The molecule has 0 bridgehead atoms. The van der Waals surface area contributed by atoms with Crippen molar-refractivity contribution in [2.75, 3.05) is 39.3 Å². The summed E-state index contributed by atoms with van der Waals surface area (Å²) >= 11 is 0. The molecule has 1 saturated heterocycles.